The standard InChI is InChI=1S/C12H19N5O2/c1-4-13-8-7-9-12(17(18)19-16-9)11(15-6-3)10(8)14-5-2/h7,13-15H,4-6H2,1-3H3. The average Bonchev–Trinajstić information content (AvgIpc) is 2.75. The van der Waals surface area contributed by atoms with Crippen LogP contribution in [-0.4, -0.2) is 24.8 Å². The van der Waals surface area contributed by atoms with E-state index in [1.807, 2.05) is 26.8 Å². The monoisotopic (exact) mass is 265 g/mol. The highest BCUT2D eigenvalue weighted by Crippen LogP contribution is 2.36. The molecule has 3 N–H and O–H groups in total. The second-order valence-electron chi connectivity index (χ2n) is 4.06. The minimum absolute atomic E-state index is 0.416. The molecule has 1 aromatic heterocycles. The summed E-state index contributed by atoms with van der Waals surface area (Å²) < 4.78 is 4.68. The zero-order valence-corrected chi connectivity index (χ0v) is 11.4. The predicted molar refractivity (Wildman–Crippen MR) is 75.5 cm³/mol. The lowest BCUT2D eigenvalue weighted by Gasteiger charge is -2.16. The fraction of sp³-hybridized carbons (Fsp3) is 0.500. The van der Waals surface area contributed by atoms with E-state index in [0.717, 1.165) is 24.5 Å². The van der Waals surface area contributed by atoms with Crippen LogP contribution < -0.4 is 20.9 Å². The molecule has 0 aliphatic carbocycles. The van der Waals surface area contributed by atoms with Crippen LogP contribution in [0.2, 0.25) is 0 Å². The van der Waals surface area contributed by atoms with Gasteiger partial charge in [-0.2, -0.15) is 0 Å². The van der Waals surface area contributed by atoms with Gasteiger partial charge in [0.05, 0.1) is 11.4 Å². The quantitative estimate of drug-likeness (QED) is 0.690. The van der Waals surface area contributed by atoms with Gasteiger partial charge in [0.1, 0.15) is 5.69 Å². The van der Waals surface area contributed by atoms with Crippen LogP contribution in [0.5, 0.6) is 0 Å². The van der Waals surface area contributed by atoms with Crippen molar-refractivity contribution in [2.45, 2.75) is 20.8 Å². The van der Waals surface area contributed by atoms with Crippen LogP contribution in [0.15, 0.2) is 10.7 Å². The molecule has 0 aliphatic heterocycles. The van der Waals surface area contributed by atoms with E-state index in [1.165, 1.54) is 0 Å². The summed E-state index contributed by atoms with van der Waals surface area (Å²) in [4.78, 5) is 0.434. The Hall–Kier alpha value is -2.18. The number of fused-ring (bicyclic) bond motifs is 1. The van der Waals surface area contributed by atoms with Gasteiger partial charge in [0, 0.05) is 30.9 Å². The fourth-order valence-corrected chi connectivity index (χ4v) is 2.07. The Labute approximate surface area is 111 Å². The van der Waals surface area contributed by atoms with Gasteiger partial charge in [0.25, 0.3) is 11.0 Å². The van der Waals surface area contributed by atoms with Crippen molar-refractivity contribution in [3.05, 3.63) is 11.3 Å². The largest absolute Gasteiger partial charge is 0.383 e. The first-order valence-electron chi connectivity index (χ1n) is 6.50. The summed E-state index contributed by atoms with van der Waals surface area (Å²) in [6.45, 7) is 8.24. The lowest BCUT2D eigenvalue weighted by molar-refractivity contribution is -0.781. The van der Waals surface area contributed by atoms with Crippen molar-refractivity contribution in [2.24, 2.45) is 0 Å². The van der Waals surface area contributed by atoms with Crippen molar-refractivity contribution in [1.82, 2.24) is 5.16 Å². The molecule has 0 saturated heterocycles. The maximum absolute atomic E-state index is 11.7. The molecule has 0 unspecified atom stereocenters. The van der Waals surface area contributed by atoms with Gasteiger partial charge in [-0.25, -0.2) is 0 Å². The van der Waals surface area contributed by atoms with Crippen molar-refractivity contribution in [2.75, 3.05) is 35.6 Å². The Morgan fingerprint density at radius 3 is 2.37 bits per heavy atom. The molecular weight excluding hydrogens is 246 g/mol. The van der Waals surface area contributed by atoms with Gasteiger partial charge in [-0.15, -0.1) is 0 Å². The van der Waals surface area contributed by atoms with Crippen molar-refractivity contribution in [3.63, 3.8) is 0 Å². The molecule has 0 radical (unpaired) electrons. The van der Waals surface area contributed by atoms with Gasteiger partial charge in [-0.05, 0) is 25.7 Å². The van der Waals surface area contributed by atoms with E-state index in [1.54, 1.807) is 0 Å². The zero-order chi connectivity index (χ0) is 13.8. The van der Waals surface area contributed by atoms with Crippen LogP contribution in [0.3, 0.4) is 0 Å². The van der Waals surface area contributed by atoms with E-state index < -0.39 is 0 Å². The molecule has 1 heterocycles. The number of anilines is 3. The van der Waals surface area contributed by atoms with Crippen LogP contribution in [0, 0.1) is 5.21 Å². The van der Waals surface area contributed by atoms with Crippen molar-refractivity contribution in [3.8, 4) is 0 Å². The third-order valence-corrected chi connectivity index (χ3v) is 2.75. The minimum atomic E-state index is 0.416. The third-order valence-electron chi connectivity index (χ3n) is 2.75. The maximum atomic E-state index is 11.7. The molecule has 7 nitrogen and oxygen atoms in total. The Bertz CT molecular complexity index is 567. The molecule has 1 aromatic carbocycles. The van der Waals surface area contributed by atoms with Crippen LogP contribution in [0.25, 0.3) is 11.0 Å². The number of benzene rings is 1. The predicted octanol–water partition coefficient (Wildman–Crippen LogP) is 1.76. The molecule has 0 bridgehead atoms. The van der Waals surface area contributed by atoms with Gasteiger partial charge in [-0.1, -0.05) is 0 Å². The second kappa shape index (κ2) is 5.64. The van der Waals surface area contributed by atoms with E-state index >= 15 is 0 Å². The third kappa shape index (κ3) is 2.35. The summed E-state index contributed by atoms with van der Waals surface area (Å²) in [6.07, 6.45) is 0. The van der Waals surface area contributed by atoms with E-state index in [0.29, 0.717) is 28.2 Å². The van der Waals surface area contributed by atoms with Gasteiger partial charge in [-0.3, -0.25) is 4.63 Å². The summed E-state index contributed by atoms with van der Waals surface area (Å²) >= 11 is 0. The fourth-order valence-electron chi connectivity index (χ4n) is 2.07. The summed E-state index contributed by atoms with van der Waals surface area (Å²) in [5.74, 6) is 0. The number of hydrogen-bond acceptors (Lipinski definition) is 6. The summed E-state index contributed by atoms with van der Waals surface area (Å²) in [5.41, 5.74) is 3.44. The highest BCUT2D eigenvalue weighted by molar-refractivity contribution is 6.00. The number of aromatic nitrogens is 2. The Morgan fingerprint density at radius 1 is 1.11 bits per heavy atom. The molecule has 2 rings (SSSR count). The molecule has 0 aliphatic rings. The Kier molecular flexibility index (Phi) is 3.94. The summed E-state index contributed by atoms with van der Waals surface area (Å²) in [7, 11) is 0. The van der Waals surface area contributed by atoms with Crippen LogP contribution in [0.1, 0.15) is 20.8 Å². The molecule has 0 fully saturated rings. The molecule has 2 aromatic rings. The Morgan fingerprint density at radius 2 is 1.74 bits per heavy atom. The number of rotatable bonds is 6. The van der Waals surface area contributed by atoms with E-state index in [-0.39, 0.29) is 0 Å². The topological polar surface area (TPSA) is 89.1 Å². The van der Waals surface area contributed by atoms with Crippen LogP contribution in [0.4, 0.5) is 17.1 Å². The summed E-state index contributed by atoms with van der Waals surface area (Å²) in [5, 5.41) is 25.2. The summed E-state index contributed by atoms with van der Waals surface area (Å²) in [6, 6.07) is 1.82. The molecule has 7 heteroatoms. The molecule has 104 valence electrons. The number of hydrogen-bond donors (Lipinski definition) is 3. The normalized spacial score (nSPS) is 10.7. The minimum Gasteiger partial charge on any atom is -0.383 e. The molecule has 0 amide bonds. The van der Waals surface area contributed by atoms with Gasteiger partial charge in [0.2, 0.25) is 0 Å². The van der Waals surface area contributed by atoms with Crippen molar-refractivity contribution < 1.29 is 9.53 Å². The number of nitrogens with zero attached hydrogens (tertiary/aromatic N) is 2. The first-order valence-corrected chi connectivity index (χ1v) is 6.50. The maximum Gasteiger partial charge on any atom is 0.252 e. The lowest BCUT2D eigenvalue weighted by Crippen LogP contribution is -2.24. The first kappa shape index (κ1) is 13.3. The van der Waals surface area contributed by atoms with Crippen LogP contribution in [-0.2, 0) is 0 Å². The van der Waals surface area contributed by atoms with Crippen LogP contribution >= 0.6 is 0 Å². The van der Waals surface area contributed by atoms with Gasteiger partial charge >= 0.3 is 0 Å². The molecule has 0 spiro atoms. The molecule has 19 heavy (non-hydrogen) atoms. The zero-order valence-electron chi connectivity index (χ0n) is 11.4. The number of nitrogens with one attached hydrogen (secondary N) is 3. The van der Waals surface area contributed by atoms with Gasteiger partial charge in [0.15, 0.2) is 0 Å². The SMILES string of the molecule is CCNc1cc2no[n+]([O-])c2c(NCC)c1NCC. The Balaban J connectivity index is 2.69. The average molecular weight is 265 g/mol. The smallest absolute Gasteiger partial charge is 0.252 e. The van der Waals surface area contributed by atoms with Crippen molar-refractivity contribution >= 4 is 28.1 Å². The molecule has 0 saturated carbocycles. The van der Waals surface area contributed by atoms with Crippen molar-refractivity contribution in [1.29, 1.82) is 0 Å². The highest BCUT2D eigenvalue weighted by Gasteiger charge is 2.21. The second-order valence-corrected chi connectivity index (χ2v) is 4.06. The molecule has 0 atom stereocenters. The highest BCUT2D eigenvalue weighted by atomic mass is 16.8. The van der Waals surface area contributed by atoms with E-state index in [2.05, 4.69) is 25.7 Å². The molecular formula is C12H19N5O2. The van der Waals surface area contributed by atoms with E-state index in [9.17, 15) is 5.21 Å². The van der Waals surface area contributed by atoms with E-state index in [4.69, 9.17) is 0 Å². The lowest BCUT2D eigenvalue weighted by atomic mass is 10.1. The first-order chi connectivity index (χ1) is 9.22. The van der Waals surface area contributed by atoms with Gasteiger partial charge < -0.3 is 21.2 Å².